The van der Waals surface area contributed by atoms with Gasteiger partial charge in [0.15, 0.2) is 5.82 Å². The molecule has 0 radical (unpaired) electrons. The summed E-state index contributed by atoms with van der Waals surface area (Å²) in [5, 5.41) is 6.80. The van der Waals surface area contributed by atoms with Gasteiger partial charge in [-0.1, -0.05) is 48.8 Å². The quantitative estimate of drug-likeness (QED) is 0.546. The number of hydrogen-bond acceptors (Lipinski definition) is 6. The molecule has 0 fully saturated rings. The van der Waals surface area contributed by atoms with Gasteiger partial charge in [0.1, 0.15) is 0 Å². The molecule has 2 heterocycles. The highest BCUT2D eigenvalue weighted by molar-refractivity contribution is 6.22. The van der Waals surface area contributed by atoms with Crippen molar-refractivity contribution in [2.24, 2.45) is 0 Å². The average molecular weight is 432 g/mol. The van der Waals surface area contributed by atoms with Crippen LogP contribution in [0.5, 0.6) is 0 Å². The van der Waals surface area contributed by atoms with E-state index in [1.165, 1.54) is 11.0 Å². The predicted octanol–water partition coefficient (Wildman–Crippen LogP) is 3.49. The van der Waals surface area contributed by atoms with Gasteiger partial charge in [0.25, 0.3) is 17.7 Å². The lowest BCUT2D eigenvalue weighted by molar-refractivity contribution is 0.0652. The Bertz CT molecular complexity index is 1160. The molecule has 0 unspecified atom stereocenters. The highest BCUT2D eigenvalue weighted by Gasteiger charge is 2.35. The second kappa shape index (κ2) is 9.13. The second-order valence-electron chi connectivity index (χ2n) is 7.75. The van der Waals surface area contributed by atoms with Crippen molar-refractivity contribution in [1.82, 2.24) is 20.4 Å². The summed E-state index contributed by atoms with van der Waals surface area (Å²) >= 11 is 0. The van der Waals surface area contributed by atoms with Crippen molar-refractivity contribution in [3.63, 3.8) is 0 Å². The number of unbranched alkanes of at least 4 members (excludes halogenated alkanes) is 1. The first-order valence-corrected chi connectivity index (χ1v) is 10.6. The zero-order valence-corrected chi connectivity index (χ0v) is 18.0. The summed E-state index contributed by atoms with van der Waals surface area (Å²) in [6.45, 7) is 4.11. The number of aryl methyl sites for hydroxylation is 1. The molecular formula is C24H24N4O4. The van der Waals surface area contributed by atoms with Gasteiger partial charge >= 0.3 is 0 Å². The fourth-order valence-corrected chi connectivity index (χ4v) is 3.73. The second-order valence-corrected chi connectivity index (χ2v) is 7.75. The molecule has 0 spiro atoms. The van der Waals surface area contributed by atoms with Crippen molar-refractivity contribution < 1.29 is 18.9 Å². The van der Waals surface area contributed by atoms with Crippen LogP contribution in [0.25, 0.3) is 0 Å². The molecule has 1 aliphatic rings. The number of nitrogens with zero attached hydrogens (tertiary/aromatic N) is 3. The van der Waals surface area contributed by atoms with Crippen LogP contribution in [0, 0.1) is 6.92 Å². The smallest absolute Gasteiger partial charge is 0.261 e. The summed E-state index contributed by atoms with van der Waals surface area (Å²) in [6.07, 6.45) is 1.94. The molecule has 4 rings (SSSR count). The van der Waals surface area contributed by atoms with Gasteiger partial charge in [-0.05, 0) is 37.1 Å². The number of rotatable bonds is 8. The third-order valence-electron chi connectivity index (χ3n) is 5.42. The van der Waals surface area contributed by atoms with Crippen molar-refractivity contribution >= 4 is 17.7 Å². The van der Waals surface area contributed by atoms with Gasteiger partial charge in [-0.2, -0.15) is 4.98 Å². The van der Waals surface area contributed by atoms with E-state index in [0.717, 1.165) is 18.4 Å². The van der Waals surface area contributed by atoms with E-state index in [-0.39, 0.29) is 23.3 Å². The summed E-state index contributed by atoms with van der Waals surface area (Å²) in [7, 11) is 0. The molecule has 164 valence electrons. The molecule has 1 aliphatic heterocycles. The fourth-order valence-electron chi connectivity index (χ4n) is 3.73. The maximum absolute atomic E-state index is 13.1. The van der Waals surface area contributed by atoms with E-state index < -0.39 is 6.04 Å². The molecule has 0 bridgehead atoms. The first kappa shape index (κ1) is 21.4. The topological polar surface area (TPSA) is 105 Å². The highest BCUT2D eigenvalue weighted by Crippen LogP contribution is 2.25. The summed E-state index contributed by atoms with van der Waals surface area (Å²) in [6, 6.07) is 13.7. The van der Waals surface area contributed by atoms with Crippen molar-refractivity contribution in [3.8, 4) is 0 Å². The maximum atomic E-state index is 13.1. The zero-order chi connectivity index (χ0) is 22.7. The molecule has 2 aromatic carbocycles. The Balaban J connectivity index is 1.56. The largest absolute Gasteiger partial charge is 0.345 e. The Morgan fingerprint density at radius 3 is 2.53 bits per heavy atom. The molecule has 0 saturated heterocycles. The van der Waals surface area contributed by atoms with Crippen LogP contribution < -0.4 is 5.32 Å². The molecule has 32 heavy (non-hydrogen) atoms. The zero-order valence-electron chi connectivity index (χ0n) is 18.0. The van der Waals surface area contributed by atoms with Gasteiger partial charge in [-0.3, -0.25) is 19.3 Å². The first-order valence-electron chi connectivity index (χ1n) is 10.6. The Hall–Kier alpha value is -3.81. The van der Waals surface area contributed by atoms with E-state index in [1.54, 1.807) is 19.1 Å². The minimum absolute atomic E-state index is 0.266. The summed E-state index contributed by atoms with van der Waals surface area (Å²) < 4.78 is 5.23. The molecule has 0 aliphatic carbocycles. The number of carbonyl (C=O) groups is 3. The lowest BCUT2D eigenvalue weighted by atomic mass is 10.0. The lowest BCUT2D eigenvalue weighted by Crippen LogP contribution is -2.31. The maximum Gasteiger partial charge on any atom is 0.261 e. The third-order valence-corrected chi connectivity index (χ3v) is 5.42. The van der Waals surface area contributed by atoms with Crippen molar-refractivity contribution in [1.29, 1.82) is 0 Å². The molecule has 1 N–H and O–H groups in total. The Morgan fingerprint density at radius 2 is 1.84 bits per heavy atom. The van der Waals surface area contributed by atoms with E-state index in [1.807, 2.05) is 37.3 Å². The Morgan fingerprint density at radius 1 is 1.09 bits per heavy atom. The number of benzene rings is 2. The first-order chi connectivity index (χ1) is 15.5. The van der Waals surface area contributed by atoms with Crippen molar-refractivity contribution in [3.05, 3.63) is 82.5 Å². The van der Waals surface area contributed by atoms with Crippen LogP contribution in [0.15, 0.2) is 53.1 Å². The molecule has 0 saturated carbocycles. The van der Waals surface area contributed by atoms with Gasteiger partial charge in [0, 0.05) is 12.1 Å². The van der Waals surface area contributed by atoms with Crippen LogP contribution in [-0.2, 0) is 6.42 Å². The Kier molecular flexibility index (Phi) is 6.11. The van der Waals surface area contributed by atoms with E-state index in [4.69, 9.17) is 4.52 Å². The molecule has 1 aromatic heterocycles. The molecule has 8 nitrogen and oxygen atoms in total. The van der Waals surface area contributed by atoms with Crippen molar-refractivity contribution in [2.45, 2.75) is 39.2 Å². The van der Waals surface area contributed by atoms with Crippen LogP contribution >= 0.6 is 0 Å². The van der Waals surface area contributed by atoms with Gasteiger partial charge < -0.3 is 9.84 Å². The van der Waals surface area contributed by atoms with Crippen LogP contribution in [0.4, 0.5) is 0 Å². The minimum Gasteiger partial charge on any atom is -0.345 e. The summed E-state index contributed by atoms with van der Waals surface area (Å²) in [4.78, 5) is 43.8. The fraction of sp³-hybridized carbons (Fsp3) is 0.292. The van der Waals surface area contributed by atoms with E-state index in [9.17, 15) is 14.4 Å². The number of carbonyl (C=O) groups excluding carboxylic acids is 3. The molecule has 3 aromatic rings. The Labute approximate surface area is 185 Å². The SMILES string of the molecule is CCCCN1C(=O)c2ccc(C(=O)N[C@@H](Cc3nc(C)no3)c3ccccc3)cc2C1=O. The summed E-state index contributed by atoms with van der Waals surface area (Å²) in [5.74, 6) is -0.0796. The third kappa shape index (κ3) is 4.30. The van der Waals surface area contributed by atoms with Gasteiger partial charge in [-0.25, -0.2) is 0 Å². The standard InChI is InChI=1S/C24H24N4O4/c1-3-4-12-28-23(30)18-11-10-17(13-19(18)24(28)31)22(29)26-20(16-8-6-5-7-9-16)14-21-25-15(2)27-32-21/h5-11,13,20H,3-4,12,14H2,1-2H3,(H,26,29)/t20-/m0/s1. The van der Waals surface area contributed by atoms with Gasteiger partial charge in [0.05, 0.1) is 23.6 Å². The van der Waals surface area contributed by atoms with Crippen LogP contribution in [0.2, 0.25) is 0 Å². The van der Waals surface area contributed by atoms with Crippen LogP contribution in [0.1, 0.15) is 74.2 Å². The van der Waals surface area contributed by atoms with Gasteiger partial charge in [0.2, 0.25) is 5.89 Å². The van der Waals surface area contributed by atoms with E-state index in [0.29, 0.717) is 35.8 Å². The van der Waals surface area contributed by atoms with E-state index >= 15 is 0 Å². The van der Waals surface area contributed by atoms with Crippen LogP contribution in [-0.4, -0.2) is 39.3 Å². The number of hydrogen-bond donors (Lipinski definition) is 1. The molecular weight excluding hydrogens is 408 g/mol. The highest BCUT2D eigenvalue weighted by atomic mass is 16.5. The normalized spacial score (nSPS) is 13.9. The van der Waals surface area contributed by atoms with E-state index in [2.05, 4.69) is 15.5 Å². The van der Waals surface area contributed by atoms with Crippen LogP contribution in [0.3, 0.4) is 0 Å². The molecule has 8 heteroatoms. The molecule has 3 amide bonds. The predicted molar refractivity (Wildman–Crippen MR) is 116 cm³/mol. The number of imide groups is 1. The van der Waals surface area contributed by atoms with Crippen molar-refractivity contribution in [2.75, 3.05) is 6.54 Å². The summed E-state index contributed by atoms with van der Waals surface area (Å²) in [5.41, 5.74) is 1.80. The number of nitrogens with one attached hydrogen (secondary N) is 1. The number of fused-ring (bicyclic) bond motifs is 1. The average Bonchev–Trinajstić information content (AvgIpc) is 3.32. The lowest BCUT2D eigenvalue weighted by Gasteiger charge is -2.18. The number of amides is 3. The monoisotopic (exact) mass is 432 g/mol. The molecule has 1 atom stereocenters. The number of aromatic nitrogens is 2. The minimum atomic E-state index is -0.407. The van der Waals surface area contributed by atoms with Gasteiger partial charge in [-0.15, -0.1) is 0 Å².